The third-order valence-electron chi connectivity index (χ3n) is 7.95. The summed E-state index contributed by atoms with van der Waals surface area (Å²) in [6.07, 6.45) is 17.6. The van der Waals surface area contributed by atoms with E-state index in [0.717, 1.165) is 12.5 Å². The molecule has 0 spiro atoms. The molecule has 4 fully saturated rings. The lowest BCUT2D eigenvalue weighted by molar-refractivity contribution is 0.0919. The summed E-state index contributed by atoms with van der Waals surface area (Å²) in [6, 6.07) is 1.86. The third-order valence-corrected chi connectivity index (χ3v) is 7.95. The molecule has 0 bridgehead atoms. The Labute approximate surface area is 166 Å². The molecule has 0 aromatic carbocycles. The van der Waals surface area contributed by atoms with E-state index in [9.17, 15) is 4.79 Å². The first-order valence-corrected chi connectivity index (χ1v) is 12.1. The molecule has 2 heterocycles. The van der Waals surface area contributed by atoms with Crippen molar-refractivity contribution >= 4 is 6.03 Å². The van der Waals surface area contributed by atoms with Crippen LogP contribution in [-0.4, -0.2) is 65.0 Å². The molecule has 4 rings (SSSR count). The molecule has 2 unspecified atom stereocenters. The molecular formula is C23H41N3O. The van der Waals surface area contributed by atoms with Crippen molar-refractivity contribution in [2.75, 3.05) is 26.2 Å². The molecule has 2 saturated heterocycles. The molecule has 0 N–H and O–H groups in total. The number of nitrogens with zero attached hydrogens (tertiary/aromatic N) is 3. The molecule has 2 aliphatic carbocycles. The second-order valence-corrected chi connectivity index (χ2v) is 9.64. The van der Waals surface area contributed by atoms with E-state index < -0.39 is 0 Å². The maximum atomic E-state index is 13.1. The first-order valence-electron chi connectivity index (χ1n) is 12.1. The van der Waals surface area contributed by atoms with E-state index in [-0.39, 0.29) is 0 Å². The topological polar surface area (TPSA) is 26.8 Å². The van der Waals surface area contributed by atoms with Crippen LogP contribution in [0.1, 0.15) is 90.4 Å². The van der Waals surface area contributed by atoms with Gasteiger partial charge >= 0.3 is 6.03 Å². The summed E-state index contributed by atoms with van der Waals surface area (Å²) in [4.78, 5) is 20.4. The average molecular weight is 376 g/mol. The summed E-state index contributed by atoms with van der Waals surface area (Å²) in [5, 5.41) is 0. The highest BCUT2D eigenvalue weighted by molar-refractivity contribution is 5.78. The zero-order valence-corrected chi connectivity index (χ0v) is 17.6. The van der Waals surface area contributed by atoms with Gasteiger partial charge in [0.25, 0.3) is 0 Å². The number of amides is 2. The van der Waals surface area contributed by atoms with Crippen molar-refractivity contribution in [1.29, 1.82) is 0 Å². The molecule has 2 saturated carbocycles. The monoisotopic (exact) mass is 375 g/mol. The standard InChI is InChI=1S/C23H41N3O/c1-2-25-21-12-8-9-13-22(21)26(23(25)27)20-14-16-24(17-15-20)18-19-10-6-4-3-5-7-11-19/h19-22H,2-18H2,1H3. The quantitative estimate of drug-likeness (QED) is 0.700. The lowest BCUT2D eigenvalue weighted by Crippen LogP contribution is -2.50. The van der Waals surface area contributed by atoms with Crippen LogP contribution < -0.4 is 0 Å². The van der Waals surface area contributed by atoms with Crippen molar-refractivity contribution in [1.82, 2.24) is 14.7 Å². The Bertz CT molecular complexity index is 480. The Morgan fingerprint density at radius 1 is 0.778 bits per heavy atom. The van der Waals surface area contributed by atoms with Gasteiger partial charge in [-0.05, 0) is 51.4 Å². The van der Waals surface area contributed by atoms with E-state index in [1.54, 1.807) is 0 Å². The van der Waals surface area contributed by atoms with Crippen LogP contribution in [0.2, 0.25) is 0 Å². The molecule has 2 amide bonds. The fraction of sp³-hybridized carbons (Fsp3) is 0.957. The summed E-state index contributed by atoms with van der Waals surface area (Å²) < 4.78 is 0. The zero-order chi connectivity index (χ0) is 18.6. The number of carbonyl (C=O) groups is 1. The van der Waals surface area contributed by atoms with Crippen LogP contribution >= 0.6 is 0 Å². The van der Waals surface area contributed by atoms with Crippen molar-refractivity contribution < 1.29 is 4.79 Å². The smallest absolute Gasteiger partial charge is 0.320 e. The Morgan fingerprint density at radius 3 is 2.04 bits per heavy atom. The molecule has 4 heteroatoms. The summed E-state index contributed by atoms with van der Waals surface area (Å²) in [7, 11) is 0. The van der Waals surface area contributed by atoms with Crippen molar-refractivity contribution in [2.24, 2.45) is 5.92 Å². The van der Waals surface area contributed by atoms with E-state index >= 15 is 0 Å². The van der Waals surface area contributed by atoms with Crippen LogP contribution in [0.3, 0.4) is 0 Å². The van der Waals surface area contributed by atoms with Crippen LogP contribution in [-0.2, 0) is 0 Å². The largest absolute Gasteiger partial charge is 0.320 e. The maximum Gasteiger partial charge on any atom is 0.320 e. The highest BCUT2D eigenvalue weighted by Gasteiger charge is 2.48. The van der Waals surface area contributed by atoms with Gasteiger partial charge in [-0.1, -0.05) is 44.9 Å². The van der Waals surface area contributed by atoms with Gasteiger partial charge in [0.15, 0.2) is 0 Å². The minimum Gasteiger partial charge on any atom is -0.320 e. The molecule has 2 atom stereocenters. The molecule has 27 heavy (non-hydrogen) atoms. The van der Waals surface area contributed by atoms with Crippen LogP contribution in [0.25, 0.3) is 0 Å². The van der Waals surface area contributed by atoms with E-state index in [0.29, 0.717) is 24.2 Å². The number of likely N-dealkylation sites (N-methyl/N-ethyl adjacent to an activating group) is 1. The van der Waals surface area contributed by atoms with Gasteiger partial charge in [-0.25, -0.2) is 4.79 Å². The Kier molecular flexibility index (Phi) is 6.62. The van der Waals surface area contributed by atoms with Gasteiger partial charge in [0.1, 0.15) is 0 Å². The fourth-order valence-corrected chi connectivity index (χ4v) is 6.48. The summed E-state index contributed by atoms with van der Waals surface area (Å²) >= 11 is 0. The van der Waals surface area contributed by atoms with Crippen molar-refractivity contribution in [3.05, 3.63) is 0 Å². The van der Waals surface area contributed by atoms with Crippen LogP contribution in [0.5, 0.6) is 0 Å². The number of rotatable bonds is 4. The number of urea groups is 1. The lowest BCUT2D eigenvalue weighted by atomic mass is 9.88. The predicted molar refractivity (Wildman–Crippen MR) is 111 cm³/mol. The Morgan fingerprint density at radius 2 is 1.37 bits per heavy atom. The Balaban J connectivity index is 1.31. The number of piperidine rings is 1. The van der Waals surface area contributed by atoms with Gasteiger partial charge in [-0.3, -0.25) is 0 Å². The van der Waals surface area contributed by atoms with Crippen molar-refractivity contribution in [3.63, 3.8) is 0 Å². The molecule has 0 aromatic rings. The van der Waals surface area contributed by atoms with Crippen LogP contribution in [0.15, 0.2) is 0 Å². The van der Waals surface area contributed by atoms with Gasteiger partial charge in [-0.15, -0.1) is 0 Å². The van der Waals surface area contributed by atoms with Gasteiger partial charge < -0.3 is 14.7 Å². The van der Waals surface area contributed by atoms with Crippen LogP contribution in [0, 0.1) is 5.92 Å². The Hall–Kier alpha value is -0.770. The maximum absolute atomic E-state index is 13.1. The number of fused-ring (bicyclic) bond motifs is 1. The fourth-order valence-electron chi connectivity index (χ4n) is 6.48. The van der Waals surface area contributed by atoms with E-state index in [2.05, 4.69) is 21.6 Å². The second kappa shape index (κ2) is 9.15. The van der Waals surface area contributed by atoms with Crippen molar-refractivity contribution in [3.8, 4) is 0 Å². The third kappa shape index (κ3) is 4.31. The number of hydrogen-bond donors (Lipinski definition) is 0. The first-order chi connectivity index (χ1) is 13.3. The minimum absolute atomic E-state index is 0.355. The predicted octanol–water partition coefficient (Wildman–Crippen LogP) is 4.88. The lowest BCUT2D eigenvalue weighted by Gasteiger charge is -2.41. The van der Waals surface area contributed by atoms with E-state index in [4.69, 9.17) is 0 Å². The van der Waals surface area contributed by atoms with Crippen molar-refractivity contribution in [2.45, 2.75) is 109 Å². The number of likely N-dealkylation sites (tertiary alicyclic amines) is 1. The van der Waals surface area contributed by atoms with Gasteiger partial charge in [-0.2, -0.15) is 0 Å². The summed E-state index contributed by atoms with van der Waals surface area (Å²) in [5.74, 6) is 0.925. The second-order valence-electron chi connectivity index (χ2n) is 9.64. The van der Waals surface area contributed by atoms with Gasteiger partial charge in [0.05, 0.1) is 12.1 Å². The molecule has 2 aliphatic heterocycles. The van der Waals surface area contributed by atoms with Gasteiger partial charge in [0, 0.05) is 32.2 Å². The molecule has 0 radical (unpaired) electrons. The molecule has 0 aromatic heterocycles. The van der Waals surface area contributed by atoms with E-state index in [1.807, 2.05) is 0 Å². The first kappa shape index (κ1) is 19.5. The highest BCUT2D eigenvalue weighted by Crippen LogP contribution is 2.37. The average Bonchev–Trinajstić information content (AvgIpc) is 2.95. The SMILES string of the molecule is CCN1C(=O)N(C2CCN(CC3CCCCCCC3)CC2)C2CCCCC21. The summed E-state index contributed by atoms with van der Waals surface area (Å²) in [5.41, 5.74) is 0. The molecule has 154 valence electrons. The highest BCUT2D eigenvalue weighted by atomic mass is 16.2. The molecule has 4 aliphatic rings. The number of carbonyl (C=O) groups excluding carboxylic acids is 1. The van der Waals surface area contributed by atoms with Crippen LogP contribution in [0.4, 0.5) is 4.79 Å². The van der Waals surface area contributed by atoms with E-state index in [1.165, 1.54) is 103 Å². The normalized spacial score (nSPS) is 32.4. The molecular weight excluding hydrogens is 334 g/mol. The summed E-state index contributed by atoms with van der Waals surface area (Å²) in [6.45, 7) is 6.76. The zero-order valence-electron chi connectivity index (χ0n) is 17.6. The molecule has 4 nitrogen and oxygen atoms in total. The van der Waals surface area contributed by atoms with Gasteiger partial charge in [0.2, 0.25) is 0 Å². The number of hydrogen-bond acceptors (Lipinski definition) is 2. The minimum atomic E-state index is 0.355.